The molecule has 1 heterocycles. The molecule has 1 aliphatic heterocycles. The van der Waals surface area contributed by atoms with Crippen molar-refractivity contribution in [1.29, 1.82) is 0 Å². The van der Waals surface area contributed by atoms with Crippen LogP contribution in [0.5, 0.6) is 0 Å². The van der Waals surface area contributed by atoms with E-state index in [1.165, 1.54) is 0 Å². The summed E-state index contributed by atoms with van der Waals surface area (Å²) in [5, 5.41) is 4.61. The Kier molecular flexibility index (Phi) is 5.53. The highest BCUT2D eigenvalue weighted by atomic mass is 79.9. The van der Waals surface area contributed by atoms with Crippen molar-refractivity contribution >= 4 is 15.9 Å². The highest BCUT2D eigenvalue weighted by Gasteiger charge is 2.21. The third kappa shape index (κ3) is 5.29. The summed E-state index contributed by atoms with van der Waals surface area (Å²) in [6, 6.07) is 0. The number of hydrogen-bond acceptors (Lipinski definition) is 3. The Labute approximate surface area is 102 Å². The second kappa shape index (κ2) is 6.18. The molecule has 1 saturated heterocycles. The lowest BCUT2D eigenvalue weighted by molar-refractivity contribution is -0.0210. The highest BCUT2D eigenvalue weighted by Crippen LogP contribution is 2.11. The van der Waals surface area contributed by atoms with Crippen LogP contribution < -0.4 is 5.32 Å². The van der Waals surface area contributed by atoms with Crippen LogP contribution in [0.3, 0.4) is 0 Å². The molecule has 0 saturated carbocycles. The molecule has 0 aliphatic carbocycles. The SMILES string of the molecule is CN1CCOC(CNC(C)(C)CCBr)C1. The summed E-state index contributed by atoms with van der Waals surface area (Å²) < 4.78 is 5.71. The molecule has 1 atom stereocenters. The molecule has 1 N–H and O–H groups in total. The zero-order valence-electron chi connectivity index (χ0n) is 10.1. The van der Waals surface area contributed by atoms with Gasteiger partial charge in [-0.15, -0.1) is 0 Å². The van der Waals surface area contributed by atoms with E-state index in [1.54, 1.807) is 0 Å². The minimum absolute atomic E-state index is 0.197. The van der Waals surface area contributed by atoms with Crippen LogP contribution in [-0.2, 0) is 4.74 Å². The predicted molar refractivity (Wildman–Crippen MR) is 67.7 cm³/mol. The molecule has 3 nitrogen and oxygen atoms in total. The van der Waals surface area contributed by atoms with Crippen molar-refractivity contribution in [2.75, 3.05) is 38.6 Å². The van der Waals surface area contributed by atoms with E-state index in [0.717, 1.165) is 38.0 Å². The van der Waals surface area contributed by atoms with Gasteiger partial charge in [-0.1, -0.05) is 15.9 Å². The predicted octanol–water partition coefficient (Wildman–Crippen LogP) is 1.47. The zero-order chi connectivity index (χ0) is 11.3. The summed E-state index contributed by atoms with van der Waals surface area (Å²) in [5.41, 5.74) is 0.197. The molecule has 0 aromatic heterocycles. The van der Waals surface area contributed by atoms with Crippen LogP contribution in [0.25, 0.3) is 0 Å². The van der Waals surface area contributed by atoms with E-state index in [-0.39, 0.29) is 5.54 Å². The van der Waals surface area contributed by atoms with E-state index in [9.17, 15) is 0 Å². The Bertz CT molecular complexity index is 187. The van der Waals surface area contributed by atoms with Crippen LogP contribution in [0, 0.1) is 0 Å². The van der Waals surface area contributed by atoms with Crippen molar-refractivity contribution in [3.05, 3.63) is 0 Å². The van der Waals surface area contributed by atoms with Crippen molar-refractivity contribution in [1.82, 2.24) is 10.2 Å². The second-order valence-electron chi connectivity index (χ2n) is 4.96. The molecule has 0 aromatic carbocycles. The minimum Gasteiger partial charge on any atom is -0.374 e. The minimum atomic E-state index is 0.197. The van der Waals surface area contributed by atoms with E-state index < -0.39 is 0 Å². The zero-order valence-corrected chi connectivity index (χ0v) is 11.6. The summed E-state index contributed by atoms with van der Waals surface area (Å²) in [6.45, 7) is 8.38. The number of halogens is 1. The normalized spacial score (nSPS) is 24.4. The standard InChI is InChI=1S/C11H23BrN2O/c1-11(2,4-5-12)13-8-10-9-14(3)6-7-15-10/h10,13H,4-9H2,1-3H3. The number of nitrogens with one attached hydrogen (secondary N) is 1. The monoisotopic (exact) mass is 278 g/mol. The first-order valence-corrected chi connectivity index (χ1v) is 6.77. The van der Waals surface area contributed by atoms with Gasteiger partial charge < -0.3 is 15.0 Å². The first kappa shape index (κ1) is 13.4. The van der Waals surface area contributed by atoms with Crippen LogP contribution in [-0.4, -0.2) is 55.2 Å². The molecule has 0 amide bonds. The molecule has 1 rings (SSSR count). The Morgan fingerprint density at radius 3 is 2.87 bits per heavy atom. The fourth-order valence-electron chi connectivity index (χ4n) is 1.71. The van der Waals surface area contributed by atoms with E-state index in [4.69, 9.17) is 4.74 Å². The Morgan fingerprint density at radius 2 is 2.27 bits per heavy atom. The van der Waals surface area contributed by atoms with Gasteiger partial charge >= 0.3 is 0 Å². The van der Waals surface area contributed by atoms with Gasteiger partial charge in [0, 0.05) is 30.5 Å². The molecule has 0 aromatic rings. The largest absolute Gasteiger partial charge is 0.374 e. The lowest BCUT2D eigenvalue weighted by Crippen LogP contribution is -2.49. The summed E-state index contributed by atoms with van der Waals surface area (Å²) in [4.78, 5) is 2.33. The molecule has 1 aliphatic rings. The number of morpholine rings is 1. The van der Waals surface area contributed by atoms with Crippen LogP contribution in [0.4, 0.5) is 0 Å². The van der Waals surface area contributed by atoms with Gasteiger partial charge in [-0.05, 0) is 27.3 Å². The summed E-state index contributed by atoms with van der Waals surface area (Å²) in [6.07, 6.45) is 1.48. The number of hydrogen-bond donors (Lipinski definition) is 1. The summed E-state index contributed by atoms with van der Waals surface area (Å²) in [5.74, 6) is 0. The van der Waals surface area contributed by atoms with Gasteiger partial charge in [-0.25, -0.2) is 0 Å². The van der Waals surface area contributed by atoms with Gasteiger partial charge in [-0.2, -0.15) is 0 Å². The fraction of sp³-hybridized carbons (Fsp3) is 1.00. The average molecular weight is 279 g/mol. The summed E-state index contributed by atoms with van der Waals surface area (Å²) in [7, 11) is 2.15. The van der Waals surface area contributed by atoms with Crippen LogP contribution >= 0.6 is 15.9 Å². The van der Waals surface area contributed by atoms with Gasteiger partial charge in [0.15, 0.2) is 0 Å². The maximum atomic E-state index is 5.71. The highest BCUT2D eigenvalue weighted by molar-refractivity contribution is 9.09. The first-order chi connectivity index (χ1) is 7.03. The Hall–Kier alpha value is 0.360. The van der Waals surface area contributed by atoms with Crippen molar-refractivity contribution < 1.29 is 4.74 Å². The van der Waals surface area contributed by atoms with Gasteiger partial charge in [0.1, 0.15) is 0 Å². The van der Waals surface area contributed by atoms with E-state index in [1.807, 2.05) is 0 Å². The van der Waals surface area contributed by atoms with Crippen molar-refractivity contribution in [3.8, 4) is 0 Å². The third-order valence-electron chi connectivity index (χ3n) is 2.87. The van der Waals surface area contributed by atoms with Crippen LogP contribution in [0.15, 0.2) is 0 Å². The second-order valence-corrected chi connectivity index (χ2v) is 5.75. The fourth-order valence-corrected chi connectivity index (χ4v) is 2.70. The smallest absolute Gasteiger partial charge is 0.0826 e. The maximum Gasteiger partial charge on any atom is 0.0826 e. The van der Waals surface area contributed by atoms with Crippen molar-refractivity contribution in [2.45, 2.75) is 31.9 Å². The van der Waals surface area contributed by atoms with E-state index in [2.05, 4.69) is 47.0 Å². The topological polar surface area (TPSA) is 24.5 Å². The molecular formula is C11H23BrN2O. The lowest BCUT2D eigenvalue weighted by Gasteiger charge is -2.33. The molecule has 4 heteroatoms. The van der Waals surface area contributed by atoms with Crippen molar-refractivity contribution in [3.63, 3.8) is 0 Å². The van der Waals surface area contributed by atoms with Crippen molar-refractivity contribution in [2.24, 2.45) is 0 Å². The molecule has 1 unspecified atom stereocenters. The lowest BCUT2D eigenvalue weighted by atomic mass is 10.0. The number of ether oxygens (including phenoxy) is 1. The average Bonchev–Trinajstić information content (AvgIpc) is 2.15. The first-order valence-electron chi connectivity index (χ1n) is 5.64. The quantitative estimate of drug-likeness (QED) is 0.771. The molecule has 0 spiro atoms. The number of likely N-dealkylation sites (N-methyl/N-ethyl adjacent to an activating group) is 1. The molecule has 0 radical (unpaired) electrons. The molecule has 1 fully saturated rings. The van der Waals surface area contributed by atoms with Crippen LogP contribution in [0.1, 0.15) is 20.3 Å². The number of nitrogens with zero attached hydrogens (tertiary/aromatic N) is 1. The Morgan fingerprint density at radius 1 is 1.53 bits per heavy atom. The molecule has 0 bridgehead atoms. The number of alkyl halides is 1. The van der Waals surface area contributed by atoms with E-state index >= 15 is 0 Å². The Balaban J connectivity index is 2.23. The molecule has 90 valence electrons. The maximum absolute atomic E-state index is 5.71. The van der Waals surface area contributed by atoms with Gasteiger partial charge in [0.2, 0.25) is 0 Å². The van der Waals surface area contributed by atoms with E-state index in [0.29, 0.717) is 6.10 Å². The third-order valence-corrected chi connectivity index (χ3v) is 3.27. The number of rotatable bonds is 5. The molecule has 15 heavy (non-hydrogen) atoms. The van der Waals surface area contributed by atoms with Gasteiger partial charge in [-0.3, -0.25) is 0 Å². The van der Waals surface area contributed by atoms with Crippen LogP contribution in [0.2, 0.25) is 0 Å². The molecular weight excluding hydrogens is 256 g/mol. The summed E-state index contributed by atoms with van der Waals surface area (Å²) >= 11 is 3.48. The van der Waals surface area contributed by atoms with Gasteiger partial charge in [0.05, 0.1) is 12.7 Å². The van der Waals surface area contributed by atoms with Gasteiger partial charge in [0.25, 0.3) is 0 Å².